The van der Waals surface area contributed by atoms with Gasteiger partial charge < -0.3 is 20.0 Å². The minimum atomic E-state index is -0.451. The van der Waals surface area contributed by atoms with Gasteiger partial charge in [-0.25, -0.2) is 0 Å². The summed E-state index contributed by atoms with van der Waals surface area (Å²) in [5, 5.41) is 3.83. The van der Waals surface area contributed by atoms with Gasteiger partial charge in [-0.2, -0.15) is 4.98 Å². The molecule has 21 heavy (non-hydrogen) atoms. The number of aromatic amines is 1. The van der Waals surface area contributed by atoms with Crippen LogP contribution in [0, 0.1) is 6.92 Å². The molecule has 1 aliphatic rings. The Bertz CT molecular complexity index is 675. The van der Waals surface area contributed by atoms with Gasteiger partial charge in [-0.15, -0.1) is 0 Å². The molecule has 7 heteroatoms. The topological polar surface area (TPSA) is 107 Å². The number of nitrogens with zero attached hydrogens (tertiary/aromatic N) is 2. The van der Waals surface area contributed by atoms with Gasteiger partial charge >= 0.3 is 0 Å². The first-order valence-electron chi connectivity index (χ1n) is 7.04. The normalized spacial score (nSPS) is 16.7. The minimum absolute atomic E-state index is 0.166. The zero-order valence-corrected chi connectivity index (χ0v) is 11.8. The molecule has 0 spiro atoms. The van der Waals surface area contributed by atoms with Crippen molar-refractivity contribution in [3.05, 3.63) is 34.0 Å². The Morgan fingerprint density at radius 3 is 3.05 bits per heavy atom. The van der Waals surface area contributed by atoms with Crippen LogP contribution in [0.1, 0.15) is 36.8 Å². The van der Waals surface area contributed by atoms with Gasteiger partial charge in [0.25, 0.3) is 5.89 Å². The number of rotatable bonds is 5. The molecule has 1 atom stereocenters. The lowest BCUT2D eigenvalue weighted by Crippen LogP contribution is -2.27. The summed E-state index contributed by atoms with van der Waals surface area (Å²) in [7, 11) is 0. The zero-order chi connectivity index (χ0) is 14.8. The Labute approximate surface area is 121 Å². The molecule has 2 aromatic rings. The van der Waals surface area contributed by atoms with Crippen molar-refractivity contribution >= 4 is 0 Å². The second kappa shape index (κ2) is 5.79. The van der Waals surface area contributed by atoms with Gasteiger partial charge in [-0.3, -0.25) is 4.79 Å². The molecule has 0 radical (unpaired) electrons. The Morgan fingerprint density at radius 2 is 2.38 bits per heavy atom. The highest BCUT2D eigenvalue weighted by molar-refractivity contribution is 5.50. The summed E-state index contributed by atoms with van der Waals surface area (Å²) >= 11 is 0. The smallest absolute Gasteiger partial charge is 0.263 e. The third kappa shape index (κ3) is 3.03. The summed E-state index contributed by atoms with van der Waals surface area (Å²) in [5.41, 5.74) is 6.93. The van der Waals surface area contributed by atoms with Crippen LogP contribution in [-0.4, -0.2) is 27.8 Å². The van der Waals surface area contributed by atoms with E-state index in [1.807, 2.05) is 0 Å². The van der Waals surface area contributed by atoms with Gasteiger partial charge in [0.1, 0.15) is 5.56 Å². The molecule has 2 aromatic heterocycles. The van der Waals surface area contributed by atoms with E-state index in [0.717, 1.165) is 18.5 Å². The van der Waals surface area contributed by atoms with Gasteiger partial charge in [0, 0.05) is 18.0 Å². The molecule has 0 amide bonds. The van der Waals surface area contributed by atoms with E-state index in [9.17, 15) is 4.79 Å². The molecule has 0 bridgehead atoms. The molecule has 0 aromatic carbocycles. The maximum Gasteiger partial charge on any atom is 0.263 e. The predicted octanol–water partition coefficient (Wildman–Crippen LogP) is 1.30. The first-order chi connectivity index (χ1) is 10.1. The highest BCUT2D eigenvalue weighted by Crippen LogP contribution is 2.23. The van der Waals surface area contributed by atoms with E-state index in [1.54, 1.807) is 13.1 Å². The maximum absolute atomic E-state index is 11.9. The molecule has 112 valence electrons. The number of hydrogen-bond donors (Lipinski definition) is 2. The highest BCUT2D eigenvalue weighted by atomic mass is 16.5. The first-order valence-corrected chi connectivity index (χ1v) is 7.04. The van der Waals surface area contributed by atoms with Gasteiger partial charge in [0.05, 0.1) is 18.8 Å². The van der Waals surface area contributed by atoms with E-state index < -0.39 is 6.04 Å². The Morgan fingerprint density at radius 1 is 1.57 bits per heavy atom. The molecule has 3 rings (SSSR count). The number of aryl methyl sites for hydroxylation is 1. The van der Waals surface area contributed by atoms with E-state index in [1.165, 1.54) is 12.5 Å². The maximum atomic E-state index is 11.9. The molecule has 1 fully saturated rings. The Hall–Kier alpha value is -1.99. The Kier molecular flexibility index (Phi) is 3.85. The summed E-state index contributed by atoms with van der Waals surface area (Å²) in [5.74, 6) is 0.523. The summed E-state index contributed by atoms with van der Waals surface area (Å²) in [4.78, 5) is 19.0. The summed E-state index contributed by atoms with van der Waals surface area (Å²) < 4.78 is 10.8. The lowest BCUT2D eigenvalue weighted by molar-refractivity contribution is -0.00549. The van der Waals surface area contributed by atoms with Gasteiger partial charge in [0.15, 0.2) is 11.3 Å². The quantitative estimate of drug-likeness (QED) is 0.859. The summed E-state index contributed by atoms with van der Waals surface area (Å²) in [6.07, 6.45) is 5.25. The molecule has 1 unspecified atom stereocenters. The SMILES string of the molecule is Cc1cc(=O)c(-c2nc(C(N)COC3CCC3)no2)c[nH]1. The first kappa shape index (κ1) is 14.0. The number of ether oxygens (including phenoxy) is 1. The Balaban J connectivity index is 1.71. The lowest BCUT2D eigenvalue weighted by Gasteiger charge is -2.26. The van der Waals surface area contributed by atoms with E-state index in [2.05, 4.69) is 15.1 Å². The predicted molar refractivity (Wildman–Crippen MR) is 75.6 cm³/mol. The largest absolute Gasteiger partial charge is 0.376 e. The fraction of sp³-hybridized carbons (Fsp3) is 0.500. The molecule has 1 saturated carbocycles. The minimum Gasteiger partial charge on any atom is -0.376 e. The van der Waals surface area contributed by atoms with E-state index in [-0.39, 0.29) is 11.3 Å². The van der Waals surface area contributed by atoms with Crippen molar-refractivity contribution in [1.29, 1.82) is 0 Å². The van der Waals surface area contributed by atoms with Crippen LogP contribution in [0.3, 0.4) is 0 Å². The van der Waals surface area contributed by atoms with Gasteiger partial charge in [-0.1, -0.05) is 5.16 Å². The average Bonchev–Trinajstić information content (AvgIpc) is 2.86. The van der Waals surface area contributed by atoms with Crippen molar-refractivity contribution in [1.82, 2.24) is 15.1 Å². The molecular formula is C14H18N4O3. The second-order valence-corrected chi connectivity index (χ2v) is 5.34. The van der Waals surface area contributed by atoms with E-state index in [0.29, 0.717) is 24.1 Å². The standard InChI is InChI=1S/C14H18N4O3/c1-8-5-12(19)10(6-16-8)14-17-13(18-21-14)11(15)7-20-9-3-2-4-9/h5-6,9,11H,2-4,7,15H2,1H3,(H,16,19). The monoisotopic (exact) mass is 290 g/mol. The van der Waals surface area contributed by atoms with Crippen molar-refractivity contribution in [3.63, 3.8) is 0 Å². The molecule has 7 nitrogen and oxygen atoms in total. The fourth-order valence-corrected chi connectivity index (χ4v) is 2.09. The van der Waals surface area contributed by atoms with Crippen LogP contribution in [0.2, 0.25) is 0 Å². The van der Waals surface area contributed by atoms with Crippen molar-refractivity contribution in [2.45, 2.75) is 38.3 Å². The molecule has 3 N–H and O–H groups in total. The lowest BCUT2D eigenvalue weighted by atomic mass is 9.96. The molecule has 0 saturated heterocycles. The van der Waals surface area contributed by atoms with Gasteiger partial charge in [0.2, 0.25) is 0 Å². The van der Waals surface area contributed by atoms with Crippen LogP contribution in [0.4, 0.5) is 0 Å². The fourth-order valence-electron chi connectivity index (χ4n) is 2.09. The molecule has 1 aliphatic carbocycles. The van der Waals surface area contributed by atoms with Gasteiger partial charge in [-0.05, 0) is 26.2 Å². The third-order valence-corrected chi connectivity index (χ3v) is 3.62. The number of pyridine rings is 1. The number of hydrogen-bond acceptors (Lipinski definition) is 6. The third-order valence-electron chi connectivity index (χ3n) is 3.62. The number of nitrogens with two attached hydrogens (primary N) is 1. The highest BCUT2D eigenvalue weighted by Gasteiger charge is 2.22. The van der Waals surface area contributed by atoms with Crippen molar-refractivity contribution in [2.75, 3.05) is 6.61 Å². The van der Waals surface area contributed by atoms with Crippen LogP contribution in [0.5, 0.6) is 0 Å². The second-order valence-electron chi connectivity index (χ2n) is 5.34. The average molecular weight is 290 g/mol. The van der Waals surface area contributed by atoms with Crippen LogP contribution in [0.25, 0.3) is 11.5 Å². The van der Waals surface area contributed by atoms with Crippen LogP contribution in [0.15, 0.2) is 21.6 Å². The summed E-state index contributed by atoms with van der Waals surface area (Å²) in [6, 6.07) is 1.03. The number of aromatic nitrogens is 3. The van der Waals surface area contributed by atoms with Crippen molar-refractivity contribution in [2.24, 2.45) is 5.73 Å². The van der Waals surface area contributed by atoms with Crippen molar-refractivity contribution < 1.29 is 9.26 Å². The molecule has 2 heterocycles. The van der Waals surface area contributed by atoms with E-state index in [4.69, 9.17) is 15.0 Å². The van der Waals surface area contributed by atoms with Crippen molar-refractivity contribution in [3.8, 4) is 11.5 Å². The zero-order valence-electron chi connectivity index (χ0n) is 11.8. The van der Waals surface area contributed by atoms with E-state index >= 15 is 0 Å². The molecular weight excluding hydrogens is 272 g/mol. The summed E-state index contributed by atoms with van der Waals surface area (Å²) in [6.45, 7) is 2.16. The number of nitrogens with one attached hydrogen (secondary N) is 1. The van der Waals surface area contributed by atoms with Crippen LogP contribution >= 0.6 is 0 Å². The number of H-pyrrole nitrogens is 1. The van der Waals surface area contributed by atoms with Crippen LogP contribution in [-0.2, 0) is 4.74 Å². The van der Waals surface area contributed by atoms with Crippen LogP contribution < -0.4 is 11.2 Å². The molecule has 0 aliphatic heterocycles.